The minimum absolute atomic E-state index is 0.0222. The number of hydrogen-bond acceptors (Lipinski definition) is 6. The molecule has 2 spiro atoms. The van der Waals surface area contributed by atoms with Gasteiger partial charge in [0.25, 0.3) is 0 Å². The van der Waals surface area contributed by atoms with Crippen molar-refractivity contribution in [2.24, 2.45) is 33.5 Å². The summed E-state index contributed by atoms with van der Waals surface area (Å²) in [4.78, 5) is 31.8. The fourth-order valence-corrected chi connectivity index (χ4v) is 12.0. The molecule has 6 aliphatic carbocycles. The monoisotopic (exact) mass is 726 g/mol. The van der Waals surface area contributed by atoms with E-state index < -0.39 is 34.3 Å². The standard InChI is InChI=1S/C40H49F3N2O5S/c1-24(2)44-34(48)45(22-26-7-9-28(10-8-26)50-40(41,42)43)23-38(49)17-14-32-36(38,5)16-13-31-35(4)15-12-27(46)20-37(35)18-19-39(31,32)29(21-37)33(47)30-11-6-25(3)51-30/h6-11,18-19,21,24,27,31-32,46,49H,12-17,20,22-23H2,1-5H3,(H,44,48). The Balaban J connectivity index is 1.25. The number of allylic oxidation sites excluding steroid dienone is 4. The molecule has 3 fully saturated rings. The Morgan fingerprint density at radius 3 is 2.31 bits per heavy atom. The normalized spacial score (nSPS) is 36.6. The summed E-state index contributed by atoms with van der Waals surface area (Å²) >= 11 is 1.50. The molecular formula is C40H49F3N2O5S. The maximum absolute atomic E-state index is 14.7. The van der Waals surface area contributed by atoms with Crippen molar-refractivity contribution in [1.82, 2.24) is 10.2 Å². The van der Waals surface area contributed by atoms with E-state index in [0.29, 0.717) is 36.1 Å². The molecule has 11 heteroatoms. The van der Waals surface area contributed by atoms with E-state index in [1.54, 1.807) is 4.90 Å². The van der Waals surface area contributed by atoms with Crippen LogP contribution in [-0.4, -0.2) is 57.6 Å². The molecule has 1 aromatic carbocycles. The van der Waals surface area contributed by atoms with Gasteiger partial charge in [-0.15, -0.1) is 24.5 Å². The predicted molar refractivity (Wildman–Crippen MR) is 189 cm³/mol. The fraction of sp³-hybridized carbons (Fsp3) is 0.600. The van der Waals surface area contributed by atoms with Gasteiger partial charge in [-0.25, -0.2) is 4.79 Å². The highest BCUT2D eigenvalue weighted by Crippen LogP contribution is 2.78. The number of carbonyl (C=O) groups excluding carboxylic acids is 2. The molecule has 6 aliphatic rings. The van der Waals surface area contributed by atoms with Crippen molar-refractivity contribution in [3.05, 3.63) is 75.5 Å². The van der Waals surface area contributed by atoms with Gasteiger partial charge in [0.1, 0.15) is 5.75 Å². The van der Waals surface area contributed by atoms with Crippen LogP contribution < -0.4 is 10.1 Å². The molecule has 0 saturated heterocycles. The van der Waals surface area contributed by atoms with E-state index in [1.165, 1.54) is 35.6 Å². The molecular weight excluding hydrogens is 678 g/mol. The number of carbonyl (C=O) groups is 2. The van der Waals surface area contributed by atoms with Crippen LogP contribution in [0.25, 0.3) is 0 Å². The molecule has 2 amide bonds. The van der Waals surface area contributed by atoms with Crippen LogP contribution in [0.15, 0.2) is 60.2 Å². The lowest BCUT2D eigenvalue weighted by molar-refractivity contribution is -0.274. The van der Waals surface area contributed by atoms with Crippen molar-refractivity contribution >= 4 is 23.2 Å². The minimum atomic E-state index is -4.81. The highest BCUT2D eigenvalue weighted by molar-refractivity contribution is 7.14. The number of fused-ring (bicyclic) bond motifs is 1. The smallest absolute Gasteiger partial charge is 0.406 e. The van der Waals surface area contributed by atoms with Crippen LogP contribution in [0.3, 0.4) is 0 Å². The van der Waals surface area contributed by atoms with Gasteiger partial charge in [-0.1, -0.05) is 44.2 Å². The lowest BCUT2D eigenvalue weighted by atomic mass is 9.32. The predicted octanol–water partition coefficient (Wildman–Crippen LogP) is 8.35. The highest BCUT2D eigenvalue weighted by atomic mass is 32.1. The summed E-state index contributed by atoms with van der Waals surface area (Å²) in [5.74, 6) is -0.262. The third-order valence-electron chi connectivity index (χ3n) is 13.6. The van der Waals surface area contributed by atoms with Crippen LogP contribution in [0.4, 0.5) is 18.0 Å². The van der Waals surface area contributed by atoms with Crippen molar-refractivity contribution in [3.8, 4) is 5.75 Å². The van der Waals surface area contributed by atoms with Gasteiger partial charge in [-0.2, -0.15) is 0 Å². The Hall–Kier alpha value is -3.15. The molecule has 1 aromatic heterocycles. The zero-order chi connectivity index (χ0) is 36.8. The molecule has 51 heavy (non-hydrogen) atoms. The number of aryl methyl sites for hydroxylation is 1. The number of urea groups is 1. The number of amides is 2. The Morgan fingerprint density at radius 1 is 1.00 bits per heavy atom. The molecule has 7 nitrogen and oxygen atoms in total. The van der Waals surface area contributed by atoms with E-state index in [2.05, 4.69) is 42.1 Å². The molecule has 8 unspecified atom stereocenters. The minimum Gasteiger partial charge on any atom is -0.406 e. The van der Waals surface area contributed by atoms with E-state index in [4.69, 9.17) is 0 Å². The average molecular weight is 727 g/mol. The molecule has 0 radical (unpaired) electrons. The van der Waals surface area contributed by atoms with Crippen molar-refractivity contribution in [1.29, 1.82) is 0 Å². The number of ether oxygens (including phenoxy) is 1. The number of rotatable bonds is 8. The Labute approximate surface area is 302 Å². The molecule has 0 aliphatic heterocycles. The quantitative estimate of drug-likeness (QED) is 0.188. The van der Waals surface area contributed by atoms with Crippen molar-refractivity contribution < 1.29 is 37.7 Å². The zero-order valence-electron chi connectivity index (χ0n) is 30.0. The number of nitrogens with zero attached hydrogens (tertiary/aromatic N) is 1. The van der Waals surface area contributed by atoms with Gasteiger partial charge in [0, 0.05) is 39.3 Å². The first-order valence-corrected chi connectivity index (χ1v) is 19.0. The fourth-order valence-electron chi connectivity index (χ4n) is 11.2. The summed E-state index contributed by atoms with van der Waals surface area (Å²) in [6, 6.07) is 8.80. The van der Waals surface area contributed by atoms with Crippen molar-refractivity contribution in [2.75, 3.05) is 6.54 Å². The summed E-state index contributed by atoms with van der Waals surface area (Å²) in [6.07, 6.45) is 6.28. The van der Waals surface area contributed by atoms with Gasteiger partial charge >= 0.3 is 12.4 Å². The molecule has 2 bridgehead atoms. The maximum atomic E-state index is 14.7. The van der Waals surface area contributed by atoms with Gasteiger partial charge in [0.15, 0.2) is 5.78 Å². The van der Waals surface area contributed by atoms with Crippen molar-refractivity contribution in [3.63, 3.8) is 0 Å². The number of aliphatic hydroxyl groups excluding tert-OH is 1. The number of benzene rings is 1. The summed E-state index contributed by atoms with van der Waals surface area (Å²) in [7, 11) is 0. The number of nitrogens with one attached hydrogen (secondary N) is 1. The number of aliphatic hydroxyl groups is 2. The second-order valence-electron chi connectivity index (χ2n) is 16.7. The van der Waals surface area contributed by atoms with Gasteiger partial charge in [-0.05, 0) is 113 Å². The third-order valence-corrected chi connectivity index (χ3v) is 14.6. The maximum Gasteiger partial charge on any atom is 0.573 e. The second-order valence-corrected chi connectivity index (χ2v) is 18.0. The zero-order valence-corrected chi connectivity index (χ0v) is 30.8. The van der Waals surface area contributed by atoms with Gasteiger partial charge in [0.2, 0.25) is 0 Å². The summed E-state index contributed by atoms with van der Waals surface area (Å²) in [6.45, 7) is 10.3. The number of halogens is 3. The summed E-state index contributed by atoms with van der Waals surface area (Å²) in [5, 5.41) is 26.8. The lowest BCUT2D eigenvalue weighted by Gasteiger charge is -2.71. The SMILES string of the molecule is Cc1ccc(C(=O)C2=CC34C=CC25C(CCC2(C)C5CCC2(O)CN(Cc2ccc(OC(F)(F)F)cc2)C(=O)NC(C)C)C3(C)CCC(O)C4)s1. The molecule has 2 aromatic rings. The Morgan fingerprint density at radius 2 is 1.67 bits per heavy atom. The number of hydrogen-bond donors (Lipinski definition) is 3. The summed E-state index contributed by atoms with van der Waals surface area (Å²) in [5.41, 5.74) is -1.79. The molecule has 8 atom stereocenters. The number of Topliss-reactive ketones (excluding diaryl/α,β-unsaturated/α-hetero) is 1. The van der Waals surface area contributed by atoms with E-state index in [-0.39, 0.29) is 53.9 Å². The van der Waals surface area contributed by atoms with Gasteiger partial charge in [0.05, 0.1) is 23.1 Å². The van der Waals surface area contributed by atoms with E-state index in [9.17, 15) is 33.0 Å². The first-order valence-electron chi connectivity index (χ1n) is 18.2. The van der Waals surface area contributed by atoms with E-state index >= 15 is 0 Å². The number of thiophene rings is 1. The lowest BCUT2D eigenvalue weighted by Crippen LogP contribution is -2.67. The van der Waals surface area contributed by atoms with Crippen LogP contribution in [0.1, 0.15) is 92.8 Å². The molecule has 276 valence electrons. The van der Waals surface area contributed by atoms with E-state index in [1.807, 2.05) is 32.9 Å². The molecule has 3 N–H and O–H groups in total. The Bertz CT molecular complexity index is 1770. The van der Waals surface area contributed by atoms with Gasteiger partial charge in [-0.3, -0.25) is 4.79 Å². The largest absolute Gasteiger partial charge is 0.573 e. The van der Waals surface area contributed by atoms with Crippen LogP contribution >= 0.6 is 11.3 Å². The van der Waals surface area contributed by atoms with Crippen LogP contribution in [0, 0.1) is 40.4 Å². The molecule has 8 rings (SSSR count). The second kappa shape index (κ2) is 12.2. The topological polar surface area (TPSA) is 99.1 Å². The number of ketones is 1. The first kappa shape index (κ1) is 36.2. The summed E-state index contributed by atoms with van der Waals surface area (Å²) < 4.78 is 42.5. The van der Waals surface area contributed by atoms with Gasteiger partial charge < -0.3 is 25.2 Å². The third kappa shape index (κ3) is 5.68. The molecule has 3 saturated carbocycles. The van der Waals surface area contributed by atoms with E-state index in [0.717, 1.165) is 29.7 Å². The van der Waals surface area contributed by atoms with Crippen LogP contribution in [0.5, 0.6) is 5.75 Å². The van der Waals surface area contributed by atoms with Crippen LogP contribution in [0.2, 0.25) is 0 Å². The highest BCUT2D eigenvalue weighted by Gasteiger charge is 2.74. The first-order chi connectivity index (χ1) is 23.8. The van der Waals surface area contributed by atoms with Crippen LogP contribution in [-0.2, 0) is 6.54 Å². The molecule has 1 heterocycles. The van der Waals surface area contributed by atoms with Crippen molar-refractivity contribution in [2.45, 2.75) is 110 Å². The Kier molecular flexibility index (Phi) is 8.66. The number of alkyl halides is 3. The average Bonchev–Trinajstić information content (AvgIpc) is 3.60.